The minimum Gasteiger partial charge on any atom is -0.320 e. The summed E-state index contributed by atoms with van der Waals surface area (Å²) in [5.74, 6) is 1.95. The number of nitrogens with zero attached hydrogens (tertiary/aromatic N) is 7. The highest BCUT2D eigenvalue weighted by Gasteiger charge is 2.28. The summed E-state index contributed by atoms with van der Waals surface area (Å²) in [6.45, 7) is 6.79. The molecule has 0 saturated carbocycles. The molecule has 114 valence electrons. The number of rotatable bonds is 2. The number of aromatic nitrogens is 6. The molecular weight excluding hydrogens is 346 g/mol. The minimum atomic E-state index is 0.231. The summed E-state index contributed by atoms with van der Waals surface area (Å²) in [4.78, 5) is 7.05. The lowest BCUT2D eigenvalue weighted by Crippen LogP contribution is -2.37. The van der Waals surface area contributed by atoms with Crippen molar-refractivity contribution in [1.29, 1.82) is 0 Å². The molecule has 1 aliphatic rings. The fourth-order valence-electron chi connectivity index (χ4n) is 2.98. The summed E-state index contributed by atoms with van der Waals surface area (Å²) in [6, 6.07) is 4.01. The van der Waals surface area contributed by atoms with Gasteiger partial charge in [0.2, 0.25) is 0 Å². The van der Waals surface area contributed by atoms with Crippen molar-refractivity contribution in [2.75, 3.05) is 6.54 Å². The van der Waals surface area contributed by atoms with Crippen LogP contribution in [0.1, 0.15) is 30.3 Å². The lowest BCUT2D eigenvalue weighted by molar-refractivity contribution is 0.150. The highest BCUT2D eigenvalue weighted by molar-refractivity contribution is 9.10. The molecule has 1 atom stereocenters. The molecule has 3 aromatic heterocycles. The first-order valence-corrected chi connectivity index (χ1v) is 8.06. The predicted molar refractivity (Wildman–Crippen MR) is 84.3 cm³/mol. The first-order chi connectivity index (χ1) is 10.6. The molecule has 0 aromatic carbocycles. The predicted octanol–water partition coefficient (Wildman–Crippen LogP) is 1.97. The van der Waals surface area contributed by atoms with Crippen molar-refractivity contribution in [3.05, 3.63) is 40.3 Å². The van der Waals surface area contributed by atoms with Gasteiger partial charge < -0.3 is 4.57 Å². The van der Waals surface area contributed by atoms with Crippen molar-refractivity contribution in [2.45, 2.75) is 33.0 Å². The smallest absolute Gasteiger partial charge is 0.177 e. The number of aryl methyl sites for hydroxylation is 1. The van der Waals surface area contributed by atoms with Crippen molar-refractivity contribution in [1.82, 2.24) is 34.3 Å². The van der Waals surface area contributed by atoms with Gasteiger partial charge in [-0.1, -0.05) is 0 Å². The van der Waals surface area contributed by atoms with Gasteiger partial charge in [-0.05, 0) is 41.9 Å². The highest BCUT2D eigenvalue weighted by Crippen LogP contribution is 2.30. The zero-order valence-corrected chi connectivity index (χ0v) is 14.0. The molecule has 0 radical (unpaired) electrons. The normalized spacial score (nSPS) is 18.8. The zero-order valence-electron chi connectivity index (χ0n) is 12.4. The molecule has 0 saturated heterocycles. The molecule has 4 rings (SSSR count). The average Bonchev–Trinajstić information content (AvgIpc) is 3.06. The van der Waals surface area contributed by atoms with Gasteiger partial charge in [0.1, 0.15) is 10.4 Å². The van der Waals surface area contributed by atoms with Crippen LogP contribution >= 0.6 is 15.9 Å². The third-order valence-electron chi connectivity index (χ3n) is 4.21. The Morgan fingerprint density at radius 2 is 2.18 bits per heavy atom. The number of imidazole rings is 1. The van der Waals surface area contributed by atoms with Crippen LogP contribution in [0.15, 0.2) is 22.9 Å². The van der Waals surface area contributed by atoms with Gasteiger partial charge in [0.05, 0.1) is 18.3 Å². The van der Waals surface area contributed by atoms with E-state index in [0.717, 1.165) is 40.7 Å². The fraction of sp³-hybridized carbons (Fsp3) is 0.429. The van der Waals surface area contributed by atoms with Gasteiger partial charge in [0.15, 0.2) is 11.5 Å². The zero-order chi connectivity index (χ0) is 15.3. The fourth-order valence-corrected chi connectivity index (χ4v) is 3.43. The van der Waals surface area contributed by atoms with Crippen molar-refractivity contribution < 1.29 is 0 Å². The van der Waals surface area contributed by atoms with E-state index in [4.69, 9.17) is 0 Å². The molecule has 0 aliphatic carbocycles. The lowest BCUT2D eigenvalue weighted by atomic mass is 10.2. The Balaban J connectivity index is 1.64. The number of fused-ring (bicyclic) bond motifs is 2. The Kier molecular flexibility index (Phi) is 3.23. The van der Waals surface area contributed by atoms with Gasteiger partial charge in [-0.25, -0.2) is 4.98 Å². The molecule has 8 heteroatoms. The molecule has 0 bridgehead atoms. The van der Waals surface area contributed by atoms with Gasteiger partial charge in [0, 0.05) is 19.3 Å². The number of hydrogen-bond donors (Lipinski definition) is 0. The molecule has 3 aromatic rings. The van der Waals surface area contributed by atoms with E-state index in [0.29, 0.717) is 6.54 Å². The molecular formula is C14H16BrN7. The summed E-state index contributed by atoms with van der Waals surface area (Å²) in [6.07, 6.45) is 1.76. The molecule has 22 heavy (non-hydrogen) atoms. The molecule has 4 heterocycles. The Morgan fingerprint density at radius 1 is 1.32 bits per heavy atom. The van der Waals surface area contributed by atoms with Gasteiger partial charge >= 0.3 is 0 Å². The van der Waals surface area contributed by atoms with E-state index in [2.05, 4.69) is 52.6 Å². The van der Waals surface area contributed by atoms with E-state index >= 15 is 0 Å². The van der Waals surface area contributed by atoms with Crippen LogP contribution < -0.4 is 0 Å². The first kappa shape index (κ1) is 13.8. The van der Waals surface area contributed by atoms with Crippen LogP contribution in [0.4, 0.5) is 0 Å². The second kappa shape index (κ2) is 5.13. The van der Waals surface area contributed by atoms with Crippen LogP contribution in [-0.4, -0.2) is 40.8 Å². The van der Waals surface area contributed by atoms with E-state index in [-0.39, 0.29) is 6.04 Å². The second-order valence-corrected chi connectivity index (χ2v) is 6.31. The Hall–Kier alpha value is -1.80. The maximum Gasteiger partial charge on any atom is 0.177 e. The summed E-state index contributed by atoms with van der Waals surface area (Å²) in [7, 11) is 0. The van der Waals surface area contributed by atoms with Crippen LogP contribution in [-0.2, 0) is 13.1 Å². The monoisotopic (exact) mass is 361 g/mol. The van der Waals surface area contributed by atoms with Crippen molar-refractivity contribution in [2.24, 2.45) is 0 Å². The summed E-state index contributed by atoms with van der Waals surface area (Å²) < 4.78 is 5.13. The third-order valence-corrected chi connectivity index (χ3v) is 5.22. The molecule has 0 N–H and O–H groups in total. The van der Waals surface area contributed by atoms with E-state index in [9.17, 15) is 0 Å². The van der Waals surface area contributed by atoms with E-state index in [1.165, 1.54) is 0 Å². The molecule has 1 unspecified atom stereocenters. The summed E-state index contributed by atoms with van der Waals surface area (Å²) in [5.41, 5.74) is 1.82. The Labute approximate surface area is 136 Å². The Morgan fingerprint density at radius 3 is 3.05 bits per heavy atom. The molecule has 0 fully saturated rings. The minimum absolute atomic E-state index is 0.231. The van der Waals surface area contributed by atoms with Gasteiger partial charge in [-0.3, -0.25) is 4.90 Å². The average molecular weight is 362 g/mol. The van der Waals surface area contributed by atoms with Crippen molar-refractivity contribution in [3.63, 3.8) is 0 Å². The number of halogens is 1. The SMILES string of the molecule is Cc1nc2n(c1Br)CCN(Cc1nnc3cccnn13)C2C. The lowest BCUT2D eigenvalue weighted by Gasteiger charge is -2.33. The summed E-state index contributed by atoms with van der Waals surface area (Å²) in [5, 5.41) is 12.8. The maximum absolute atomic E-state index is 4.69. The quantitative estimate of drug-likeness (QED) is 0.698. The van der Waals surface area contributed by atoms with Crippen LogP contribution in [0.5, 0.6) is 0 Å². The van der Waals surface area contributed by atoms with Crippen LogP contribution in [0.25, 0.3) is 5.65 Å². The largest absolute Gasteiger partial charge is 0.320 e. The van der Waals surface area contributed by atoms with Crippen LogP contribution in [0.3, 0.4) is 0 Å². The second-order valence-electron chi connectivity index (χ2n) is 5.55. The molecule has 1 aliphatic heterocycles. The van der Waals surface area contributed by atoms with Crippen LogP contribution in [0.2, 0.25) is 0 Å². The number of hydrogen-bond acceptors (Lipinski definition) is 5. The molecule has 7 nitrogen and oxygen atoms in total. The van der Waals surface area contributed by atoms with E-state index < -0.39 is 0 Å². The highest BCUT2D eigenvalue weighted by atomic mass is 79.9. The standard InChI is InChI=1S/C14H16BrN7/c1-9-13(15)21-7-6-20(10(2)14(21)17-9)8-12-19-18-11-4-3-5-16-22(11)12/h3-5,10H,6-8H2,1-2H3. The third kappa shape index (κ3) is 2.05. The van der Waals surface area contributed by atoms with E-state index in [1.54, 1.807) is 10.7 Å². The van der Waals surface area contributed by atoms with Crippen molar-refractivity contribution >= 4 is 21.6 Å². The topological polar surface area (TPSA) is 64.1 Å². The van der Waals surface area contributed by atoms with Crippen molar-refractivity contribution in [3.8, 4) is 0 Å². The molecule has 0 amide bonds. The summed E-state index contributed by atoms with van der Waals surface area (Å²) >= 11 is 3.62. The Bertz CT molecular complexity index is 837. The molecule has 0 spiro atoms. The van der Waals surface area contributed by atoms with Gasteiger partial charge in [-0.2, -0.15) is 9.61 Å². The first-order valence-electron chi connectivity index (χ1n) is 7.27. The van der Waals surface area contributed by atoms with E-state index in [1.807, 2.05) is 19.1 Å². The maximum atomic E-state index is 4.69. The van der Waals surface area contributed by atoms with Crippen LogP contribution in [0, 0.1) is 6.92 Å². The van der Waals surface area contributed by atoms with Gasteiger partial charge in [0.25, 0.3) is 0 Å². The van der Waals surface area contributed by atoms with Gasteiger partial charge in [-0.15, -0.1) is 10.2 Å².